The number of aliphatic hydroxyl groups excluding tert-OH is 1. The smallest absolute Gasteiger partial charge is 0.332 e. The maximum Gasteiger partial charge on any atom is 0.332 e. The number of ketones is 1. The summed E-state index contributed by atoms with van der Waals surface area (Å²) in [4.78, 5) is 22.7. The average Bonchev–Trinajstić information content (AvgIpc) is 2.48. The zero-order valence-corrected chi connectivity index (χ0v) is 10.7. The summed E-state index contributed by atoms with van der Waals surface area (Å²) >= 11 is 0. The molecule has 0 aliphatic carbocycles. The van der Waals surface area contributed by atoms with Gasteiger partial charge in [-0.1, -0.05) is 54.6 Å². The third kappa shape index (κ3) is 3.30. The van der Waals surface area contributed by atoms with Gasteiger partial charge in [0.1, 0.15) is 0 Å². The molecule has 0 bridgehead atoms. The van der Waals surface area contributed by atoms with Gasteiger partial charge in [-0.2, -0.15) is 0 Å². The fourth-order valence-corrected chi connectivity index (χ4v) is 1.86. The van der Waals surface area contributed by atoms with Gasteiger partial charge in [-0.3, -0.25) is 4.79 Å². The van der Waals surface area contributed by atoms with Gasteiger partial charge in [-0.15, -0.1) is 0 Å². The lowest BCUT2D eigenvalue weighted by Crippen LogP contribution is -2.21. The van der Waals surface area contributed by atoms with Crippen LogP contribution in [0.4, 0.5) is 0 Å². The molecular weight excluding hydrogens is 256 g/mol. The van der Waals surface area contributed by atoms with Gasteiger partial charge >= 0.3 is 5.97 Å². The number of carboxylic acids is 1. The lowest BCUT2D eigenvalue weighted by atomic mass is 10.0. The minimum absolute atomic E-state index is 0.0230. The molecule has 102 valence electrons. The Morgan fingerprint density at radius 1 is 0.900 bits per heavy atom. The van der Waals surface area contributed by atoms with E-state index in [-0.39, 0.29) is 12.2 Å². The highest BCUT2D eigenvalue weighted by Crippen LogP contribution is 2.12. The summed E-state index contributed by atoms with van der Waals surface area (Å²) < 4.78 is 0. The predicted octanol–water partition coefficient (Wildman–Crippen LogP) is 1.91. The van der Waals surface area contributed by atoms with Crippen LogP contribution < -0.4 is 0 Å². The predicted molar refractivity (Wildman–Crippen MR) is 73.7 cm³/mol. The first-order valence-corrected chi connectivity index (χ1v) is 6.17. The van der Waals surface area contributed by atoms with Gasteiger partial charge in [0.15, 0.2) is 11.9 Å². The number of hydrogen-bond donors (Lipinski definition) is 2. The maximum absolute atomic E-state index is 12.1. The second kappa shape index (κ2) is 6.12. The molecule has 1 atom stereocenters. The standard InChI is InChI=1S/C16H14O4/c17-14(16(19)20)10-11-6-8-13(9-7-11)15(18)12-4-2-1-3-5-12/h1-9,14,17H,10H2,(H,19,20). The molecule has 0 aromatic heterocycles. The summed E-state index contributed by atoms with van der Waals surface area (Å²) in [6.07, 6.45) is -1.40. The van der Waals surface area contributed by atoms with Crippen molar-refractivity contribution >= 4 is 11.8 Å². The SMILES string of the molecule is O=C(c1ccccc1)c1ccc(CC(O)C(=O)O)cc1. The molecule has 0 amide bonds. The van der Waals surface area contributed by atoms with Crippen LogP contribution in [0.2, 0.25) is 0 Å². The normalized spacial score (nSPS) is 11.8. The fraction of sp³-hybridized carbons (Fsp3) is 0.125. The molecule has 0 saturated carbocycles. The van der Waals surface area contributed by atoms with E-state index in [0.29, 0.717) is 16.7 Å². The van der Waals surface area contributed by atoms with Crippen LogP contribution in [0.3, 0.4) is 0 Å². The highest BCUT2D eigenvalue weighted by Gasteiger charge is 2.14. The van der Waals surface area contributed by atoms with Gasteiger partial charge < -0.3 is 10.2 Å². The Labute approximate surface area is 116 Å². The summed E-state index contributed by atoms with van der Waals surface area (Å²) in [5.41, 5.74) is 1.81. The largest absolute Gasteiger partial charge is 0.479 e. The highest BCUT2D eigenvalue weighted by molar-refractivity contribution is 6.08. The first-order valence-electron chi connectivity index (χ1n) is 6.17. The van der Waals surface area contributed by atoms with Gasteiger partial charge in [-0.25, -0.2) is 4.79 Å². The molecule has 2 N–H and O–H groups in total. The van der Waals surface area contributed by atoms with Crippen LogP contribution in [0, 0.1) is 0 Å². The second-order valence-corrected chi connectivity index (χ2v) is 4.45. The number of carbonyl (C=O) groups is 2. The molecular formula is C16H14O4. The van der Waals surface area contributed by atoms with Gasteiger partial charge in [-0.05, 0) is 5.56 Å². The maximum atomic E-state index is 12.1. The Morgan fingerprint density at radius 2 is 1.45 bits per heavy atom. The molecule has 4 nitrogen and oxygen atoms in total. The van der Waals surface area contributed by atoms with Crippen LogP contribution in [0.25, 0.3) is 0 Å². The van der Waals surface area contributed by atoms with Crippen molar-refractivity contribution in [3.63, 3.8) is 0 Å². The van der Waals surface area contributed by atoms with Crippen molar-refractivity contribution in [1.82, 2.24) is 0 Å². The van der Waals surface area contributed by atoms with Crippen LogP contribution in [0.1, 0.15) is 21.5 Å². The first-order chi connectivity index (χ1) is 9.58. The van der Waals surface area contributed by atoms with Gasteiger partial charge in [0.05, 0.1) is 0 Å². The van der Waals surface area contributed by atoms with E-state index in [9.17, 15) is 14.7 Å². The highest BCUT2D eigenvalue weighted by atomic mass is 16.4. The lowest BCUT2D eigenvalue weighted by molar-refractivity contribution is -0.146. The third-order valence-corrected chi connectivity index (χ3v) is 2.97. The molecule has 0 heterocycles. The second-order valence-electron chi connectivity index (χ2n) is 4.45. The van der Waals surface area contributed by atoms with Crippen molar-refractivity contribution < 1.29 is 19.8 Å². The van der Waals surface area contributed by atoms with E-state index in [2.05, 4.69) is 0 Å². The molecule has 0 saturated heterocycles. The number of carbonyl (C=O) groups excluding carboxylic acids is 1. The summed E-state index contributed by atoms with van der Waals surface area (Å²) in [6, 6.07) is 15.5. The molecule has 2 aromatic carbocycles. The van der Waals surface area contributed by atoms with Gasteiger partial charge in [0, 0.05) is 17.5 Å². The molecule has 0 radical (unpaired) electrons. The third-order valence-electron chi connectivity index (χ3n) is 2.97. The quantitative estimate of drug-likeness (QED) is 0.814. The number of rotatable bonds is 5. The van der Waals surface area contributed by atoms with Crippen molar-refractivity contribution in [3.05, 3.63) is 71.3 Å². The number of hydrogen-bond acceptors (Lipinski definition) is 3. The van der Waals surface area contributed by atoms with Crippen LogP contribution >= 0.6 is 0 Å². The molecule has 2 aromatic rings. The fourth-order valence-electron chi connectivity index (χ4n) is 1.86. The number of benzene rings is 2. The van der Waals surface area contributed by atoms with E-state index in [4.69, 9.17) is 5.11 Å². The molecule has 20 heavy (non-hydrogen) atoms. The Hall–Kier alpha value is -2.46. The zero-order chi connectivity index (χ0) is 14.5. The van der Waals surface area contributed by atoms with Gasteiger partial charge in [0.25, 0.3) is 0 Å². The summed E-state index contributed by atoms with van der Waals surface area (Å²) in [5.74, 6) is -1.34. The summed E-state index contributed by atoms with van der Waals surface area (Å²) in [7, 11) is 0. The molecule has 1 unspecified atom stereocenters. The van der Waals surface area contributed by atoms with Crippen LogP contribution in [-0.2, 0) is 11.2 Å². The molecule has 0 aliphatic rings. The van der Waals surface area contributed by atoms with Crippen LogP contribution in [0.5, 0.6) is 0 Å². The Morgan fingerprint density at radius 3 is 2.00 bits per heavy atom. The van der Waals surface area contributed by atoms with E-state index in [1.54, 1.807) is 48.5 Å². The van der Waals surface area contributed by atoms with E-state index in [1.165, 1.54) is 0 Å². The lowest BCUT2D eigenvalue weighted by Gasteiger charge is -2.06. The minimum Gasteiger partial charge on any atom is -0.479 e. The number of aliphatic carboxylic acids is 1. The Balaban J connectivity index is 2.12. The van der Waals surface area contributed by atoms with E-state index < -0.39 is 12.1 Å². The van der Waals surface area contributed by atoms with E-state index >= 15 is 0 Å². The molecule has 4 heteroatoms. The van der Waals surface area contributed by atoms with Crippen molar-refractivity contribution in [1.29, 1.82) is 0 Å². The Bertz CT molecular complexity index is 602. The first kappa shape index (κ1) is 14.0. The molecule has 0 fully saturated rings. The van der Waals surface area contributed by atoms with Crippen molar-refractivity contribution in [2.45, 2.75) is 12.5 Å². The zero-order valence-electron chi connectivity index (χ0n) is 10.7. The minimum atomic E-state index is -1.43. The number of carboxylic acid groups (broad SMARTS) is 1. The van der Waals surface area contributed by atoms with Crippen molar-refractivity contribution in [2.75, 3.05) is 0 Å². The molecule has 0 spiro atoms. The number of aliphatic hydroxyl groups is 1. The molecule has 2 rings (SSSR count). The topological polar surface area (TPSA) is 74.6 Å². The monoisotopic (exact) mass is 270 g/mol. The van der Waals surface area contributed by atoms with Crippen molar-refractivity contribution in [3.8, 4) is 0 Å². The van der Waals surface area contributed by atoms with Gasteiger partial charge in [0.2, 0.25) is 0 Å². The van der Waals surface area contributed by atoms with Crippen LogP contribution in [0.15, 0.2) is 54.6 Å². The van der Waals surface area contributed by atoms with E-state index in [0.717, 1.165) is 0 Å². The van der Waals surface area contributed by atoms with E-state index in [1.807, 2.05) is 6.07 Å². The van der Waals surface area contributed by atoms with Crippen LogP contribution in [-0.4, -0.2) is 28.1 Å². The average molecular weight is 270 g/mol. The summed E-state index contributed by atoms with van der Waals surface area (Å²) in [5, 5.41) is 17.9. The molecule has 0 aliphatic heterocycles. The summed E-state index contributed by atoms with van der Waals surface area (Å²) in [6.45, 7) is 0. The Kier molecular flexibility index (Phi) is 4.27. The van der Waals surface area contributed by atoms with Crippen molar-refractivity contribution in [2.24, 2.45) is 0 Å².